The largest absolute Gasteiger partial charge is 0.484 e. The van der Waals surface area contributed by atoms with Crippen LogP contribution in [0.4, 0.5) is 4.39 Å². The molecular formula is C26H24ClFN4O3. The molecule has 3 aromatic rings. The highest BCUT2D eigenvalue weighted by Gasteiger charge is 2.28. The molecule has 0 radical (unpaired) electrons. The summed E-state index contributed by atoms with van der Waals surface area (Å²) in [6.07, 6.45) is 2.22. The molecule has 180 valence electrons. The Bertz CT molecular complexity index is 1170. The summed E-state index contributed by atoms with van der Waals surface area (Å²) in [5.74, 6) is -1.10. The summed E-state index contributed by atoms with van der Waals surface area (Å²) in [5, 5.41) is 15.3. The maximum absolute atomic E-state index is 13.4. The summed E-state index contributed by atoms with van der Waals surface area (Å²) in [6, 6.07) is 20.5. The smallest absolute Gasteiger partial charge is 0.264 e. The number of hydrogen-bond acceptors (Lipinski definition) is 5. The number of rotatable bonds is 10. The summed E-state index contributed by atoms with van der Waals surface area (Å²) in [7, 11) is 1.47. The first-order valence-electron chi connectivity index (χ1n) is 10.8. The second-order valence-corrected chi connectivity index (χ2v) is 8.13. The molecule has 35 heavy (non-hydrogen) atoms. The lowest BCUT2D eigenvalue weighted by Gasteiger charge is -2.30. The van der Waals surface area contributed by atoms with Crippen LogP contribution in [0.1, 0.15) is 11.1 Å². The first-order valence-corrected chi connectivity index (χ1v) is 11.1. The molecule has 0 fully saturated rings. The van der Waals surface area contributed by atoms with Crippen LogP contribution >= 0.6 is 11.6 Å². The van der Waals surface area contributed by atoms with E-state index in [1.165, 1.54) is 41.3 Å². The molecule has 7 nitrogen and oxygen atoms in total. The van der Waals surface area contributed by atoms with Crippen LogP contribution in [0.3, 0.4) is 0 Å². The molecule has 3 rings (SSSR count). The number of carbonyl (C=O) groups is 2. The minimum Gasteiger partial charge on any atom is -0.484 e. The fourth-order valence-electron chi connectivity index (χ4n) is 3.28. The maximum atomic E-state index is 13.4. The van der Waals surface area contributed by atoms with Crippen LogP contribution in [-0.4, -0.2) is 41.5 Å². The zero-order chi connectivity index (χ0) is 25.2. The minimum atomic E-state index is -0.951. The Morgan fingerprint density at radius 2 is 1.69 bits per heavy atom. The average Bonchev–Trinajstić information content (AvgIpc) is 2.87. The molecule has 0 aromatic heterocycles. The highest BCUT2D eigenvalue weighted by atomic mass is 35.5. The second-order valence-electron chi connectivity index (χ2n) is 7.70. The van der Waals surface area contributed by atoms with Crippen molar-refractivity contribution in [2.75, 3.05) is 13.7 Å². The molecule has 2 amide bonds. The number of hydrogen-bond donors (Lipinski definition) is 1. The number of carbonyl (C=O) groups excluding carboxylic acids is 2. The van der Waals surface area contributed by atoms with E-state index in [1.807, 2.05) is 36.5 Å². The van der Waals surface area contributed by atoms with Gasteiger partial charge in [0.2, 0.25) is 0 Å². The zero-order valence-electron chi connectivity index (χ0n) is 19.0. The predicted octanol–water partition coefficient (Wildman–Crippen LogP) is 3.94. The summed E-state index contributed by atoms with van der Waals surface area (Å²) in [6.45, 7) is -0.212. The number of ether oxygens (including phenoxy) is 1. The molecule has 0 spiro atoms. The van der Waals surface area contributed by atoms with Crippen LogP contribution in [0.5, 0.6) is 5.75 Å². The summed E-state index contributed by atoms with van der Waals surface area (Å²) in [5.41, 5.74) is 1.62. The number of amides is 2. The van der Waals surface area contributed by atoms with Gasteiger partial charge in [-0.2, -0.15) is 5.26 Å². The maximum Gasteiger partial charge on any atom is 0.264 e. The van der Waals surface area contributed by atoms with Crippen molar-refractivity contribution >= 4 is 23.4 Å². The molecule has 0 bridgehead atoms. The number of hydrazine groups is 1. The van der Waals surface area contributed by atoms with E-state index < -0.39 is 23.7 Å². The van der Waals surface area contributed by atoms with Gasteiger partial charge < -0.3 is 10.1 Å². The van der Waals surface area contributed by atoms with Gasteiger partial charge in [-0.3, -0.25) is 9.59 Å². The van der Waals surface area contributed by atoms with E-state index in [4.69, 9.17) is 16.3 Å². The summed E-state index contributed by atoms with van der Waals surface area (Å²) in [4.78, 5) is 26.0. The lowest BCUT2D eigenvalue weighted by atomic mass is 10.1. The van der Waals surface area contributed by atoms with E-state index in [-0.39, 0.29) is 19.6 Å². The van der Waals surface area contributed by atoms with Gasteiger partial charge in [0.25, 0.3) is 11.8 Å². The number of halogens is 2. The monoisotopic (exact) mass is 494 g/mol. The lowest BCUT2D eigenvalue weighted by Crippen LogP contribution is -2.53. The predicted molar refractivity (Wildman–Crippen MR) is 129 cm³/mol. The van der Waals surface area contributed by atoms with Crippen LogP contribution in [0.15, 0.2) is 78.9 Å². The van der Waals surface area contributed by atoms with Gasteiger partial charge in [-0.15, -0.1) is 0 Å². The van der Waals surface area contributed by atoms with Crippen LogP contribution in [0.25, 0.3) is 0 Å². The number of benzene rings is 3. The summed E-state index contributed by atoms with van der Waals surface area (Å²) >= 11 is 5.92. The van der Waals surface area contributed by atoms with Gasteiger partial charge in [-0.1, -0.05) is 54.1 Å². The standard InChI is InChI=1S/C26H24ClFN4O3/c1-31(32(18-29)16-20-7-9-21(27)10-8-20)26(34)24(15-19-5-3-2-4-6-19)30-25(33)17-35-23-13-11-22(28)12-14-23/h2-14,24H,15-17H2,1H3,(H,30,33)/t24-/m0/s1. The first-order chi connectivity index (χ1) is 16.9. The van der Waals surface area contributed by atoms with Gasteiger partial charge >= 0.3 is 0 Å². The Balaban J connectivity index is 1.70. The molecule has 1 N–H and O–H groups in total. The molecule has 0 saturated carbocycles. The Kier molecular flexibility index (Phi) is 9.04. The van der Waals surface area contributed by atoms with Gasteiger partial charge in [0.1, 0.15) is 17.6 Å². The van der Waals surface area contributed by atoms with Crippen molar-refractivity contribution < 1.29 is 18.7 Å². The molecule has 1 atom stereocenters. The van der Waals surface area contributed by atoms with Crippen molar-refractivity contribution in [2.45, 2.75) is 19.0 Å². The minimum absolute atomic E-state index is 0.148. The average molecular weight is 495 g/mol. The quantitative estimate of drug-likeness (QED) is 0.262. The fraction of sp³-hybridized carbons (Fsp3) is 0.192. The van der Waals surface area contributed by atoms with Crippen LogP contribution < -0.4 is 10.1 Å². The van der Waals surface area contributed by atoms with Crippen molar-refractivity contribution in [1.29, 1.82) is 5.26 Å². The van der Waals surface area contributed by atoms with Crippen LogP contribution in [0, 0.1) is 17.3 Å². The van der Waals surface area contributed by atoms with Gasteiger partial charge in [-0.25, -0.2) is 14.4 Å². The van der Waals surface area contributed by atoms with Crippen molar-refractivity contribution in [3.63, 3.8) is 0 Å². The van der Waals surface area contributed by atoms with Crippen molar-refractivity contribution in [3.05, 3.63) is 101 Å². The van der Waals surface area contributed by atoms with Crippen molar-refractivity contribution in [3.8, 4) is 11.9 Å². The highest BCUT2D eigenvalue weighted by Crippen LogP contribution is 2.14. The third kappa shape index (κ3) is 7.73. The number of nitrogens with one attached hydrogen (secondary N) is 1. The number of nitriles is 1. The van der Waals surface area contributed by atoms with Crippen molar-refractivity contribution in [1.82, 2.24) is 15.3 Å². The number of nitrogens with zero attached hydrogens (tertiary/aromatic N) is 3. The van der Waals surface area contributed by atoms with E-state index in [0.29, 0.717) is 10.8 Å². The van der Waals surface area contributed by atoms with Gasteiger partial charge in [0.15, 0.2) is 12.8 Å². The highest BCUT2D eigenvalue weighted by molar-refractivity contribution is 6.30. The van der Waals surface area contributed by atoms with Crippen LogP contribution in [-0.2, 0) is 22.6 Å². The van der Waals surface area contributed by atoms with Crippen molar-refractivity contribution in [2.24, 2.45) is 0 Å². The first kappa shape index (κ1) is 25.5. The molecule has 0 heterocycles. The normalized spacial score (nSPS) is 11.1. The van der Waals surface area contributed by atoms with E-state index in [0.717, 1.165) is 11.1 Å². The zero-order valence-corrected chi connectivity index (χ0v) is 19.8. The Labute approximate surface area is 208 Å². The Hall–Kier alpha value is -4.09. The van der Waals surface area contributed by atoms with Crippen LogP contribution in [0.2, 0.25) is 5.02 Å². The number of likely N-dealkylation sites (N-methyl/N-ethyl adjacent to an activating group) is 1. The second kappa shape index (κ2) is 12.4. The van der Waals surface area contributed by atoms with E-state index in [9.17, 15) is 19.2 Å². The molecule has 9 heteroatoms. The molecule has 0 saturated heterocycles. The molecule has 0 aliphatic heterocycles. The van der Waals surface area contributed by atoms with E-state index >= 15 is 0 Å². The summed E-state index contributed by atoms with van der Waals surface area (Å²) < 4.78 is 18.5. The van der Waals surface area contributed by atoms with Gasteiger partial charge in [0.05, 0.1) is 6.54 Å². The molecule has 0 aliphatic carbocycles. The molecule has 0 aliphatic rings. The topological polar surface area (TPSA) is 85.7 Å². The fourth-order valence-corrected chi connectivity index (χ4v) is 3.41. The van der Waals surface area contributed by atoms with Gasteiger partial charge in [-0.05, 0) is 47.5 Å². The van der Waals surface area contributed by atoms with Gasteiger partial charge in [0, 0.05) is 18.5 Å². The third-order valence-electron chi connectivity index (χ3n) is 5.14. The Morgan fingerprint density at radius 1 is 1.03 bits per heavy atom. The third-order valence-corrected chi connectivity index (χ3v) is 5.39. The Morgan fingerprint density at radius 3 is 2.31 bits per heavy atom. The lowest BCUT2D eigenvalue weighted by molar-refractivity contribution is -0.146. The SMILES string of the molecule is CN(C(=O)[C@H](Cc1ccccc1)NC(=O)COc1ccc(F)cc1)N(C#N)Cc1ccc(Cl)cc1. The molecule has 3 aromatic carbocycles. The molecular weight excluding hydrogens is 471 g/mol. The molecule has 0 unspecified atom stereocenters. The van der Waals surface area contributed by atoms with E-state index in [1.54, 1.807) is 24.3 Å². The van der Waals surface area contributed by atoms with E-state index in [2.05, 4.69) is 5.32 Å².